The molecule has 0 bridgehead atoms. The number of nitrogens with one attached hydrogen (secondary N) is 5. The molecule has 0 unspecified atom stereocenters. The Bertz CT molecular complexity index is 1830. The Kier molecular flexibility index (Phi) is 11.1. The van der Waals surface area contributed by atoms with Crippen LogP contribution in [0.3, 0.4) is 0 Å². The summed E-state index contributed by atoms with van der Waals surface area (Å²) >= 11 is 0. The molecule has 4 aromatic rings. The first-order valence-corrected chi connectivity index (χ1v) is 16.8. The van der Waals surface area contributed by atoms with Gasteiger partial charge < -0.3 is 40.3 Å². The Morgan fingerprint density at radius 1 is 0.820 bits per heavy atom. The van der Waals surface area contributed by atoms with Crippen LogP contribution in [-0.4, -0.2) is 81.7 Å². The Hall–Kier alpha value is -5.40. The highest BCUT2D eigenvalue weighted by atomic mass is 16.5. The number of hydrogen-bond acceptors (Lipinski definition) is 8. The molecule has 0 radical (unpaired) electrons. The fourth-order valence-corrected chi connectivity index (χ4v) is 6.20. The summed E-state index contributed by atoms with van der Waals surface area (Å²) in [6.07, 6.45) is 2.04. The van der Waals surface area contributed by atoms with Crippen molar-refractivity contribution in [2.75, 3.05) is 20.8 Å². The molecule has 5 rings (SSSR count). The molecule has 1 aliphatic rings. The molecule has 14 heteroatoms. The Labute approximate surface area is 291 Å². The molecule has 5 N–H and O–H groups in total. The number of carbonyl (C=O) groups excluding carboxylic acids is 4. The van der Waals surface area contributed by atoms with E-state index in [0.717, 1.165) is 52.1 Å². The highest BCUT2D eigenvalue weighted by Crippen LogP contribution is 2.34. The molecule has 0 aliphatic carbocycles. The lowest BCUT2D eigenvalue weighted by molar-refractivity contribution is -0.135. The van der Waals surface area contributed by atoms with Gasteiger partial charge in [0.05, 0.1) is 49.2 Å². The van der Waals surface area contributed by atoms with E-state index in [9.17, 15) is 19.2 Å². The first-order chi connectivity index (χ1) is 23.9. The number of ether oxygens (including phenoxy) is 2. The minimum absolute atomic E-state index is 0.111. The molecule has 4 atom stereocenters. The van der Waals surface area contributed by atoms with Gasteiger partial charge in [0.2, 0.25) is 11.8 Å². The summed E-state index contributed by atoms with van der Waals surface area (Å²) in [4.78, 5) is 68.0. The number of aromatic nitrogens is 4. The van der Waals surface area contributed by atoms with Crippen LogP contribution in [0.1, 0.15) is 71.2 Å². The number of H-pyrrole nitrogens is 2. The second-order valence-electron chi connectivity index (χ2n) is 13.2. The van der Waals surface area contributed by atoms with E-state index in [-0.39, 0.29) is 29.7 Å². The molecule has 1 saturated heterocycles. The molecule has 0 spiro atoms. The van der Waals surface area contributed by atoms with Crippen LogP contribution in [0, 0.1) is 11.8 Å². The van der Waals surface area contributed by atoms with Crippen LogP contribution in [0.2, 0.25) is 0 Å². The minimum atomic E-state index is -0.750. The van der Waals surface area contributed by atoms with Crippen molar-refractivity contribution in [3.05, 3.63) is 60.3 Å². The van der Waals surface area contributed by atoms with Gasteiger partial charge in [0, 0.05) is 6.54 Å². The number of fused-ring (bicyclic) bond motifs is 1. The monoisotopic (exact) mass is 686 g/mol. The van der Waals surface area contributed by atoms with E-state index in [4.69, 9.17) is 9.72 Å². The van der Waals surface area contributed by atoms with E-state index in [1.807, 2.05) is 71.0 Å². The number of methoxy groups -OCH3 is 2. The van der Waals surface area contributed by atoms with Crippen molar-refractivity contribution in [2.24, 2.45) is 11.8 Å². The van der Waals surface area contributed by atoms with Gasteiger partial charge in [0.1, 0.15) is 23.7 Å². The molecule has 2 aromatic carbocycles. The fraction of sp³-hybridized carbons (Fsp3) is 0.444. The minimum Gasteiger partial charge on any atom is -0.453 e. The lowest BCUT2D eigenvalue weighted by Gasteiger charge is -2.29. The summed E-state index contributed by atoms with van der Waals surface area (Å²) < 4.78 is 9.40. The largest absolute Gasteiger partial charge is 0.453 e. The van der Waals surface area contributed by atoms with Crippen molar-refractivity contribution in [3.63, 3.8) is 0 Å². The number of carbonyl (C=O) groups is 4. The van der Waals surface area contributed by atoms with Gasteiger partial charge in [-0.15, -0.1) is 0 Å². The van der Waals surface area contributed by atoms with Crippen molar-refractivity contribution >= 4 is 35.0 Å². The standard InChI is InChI=1S/C36H46N8O6/c1-19(2)29(42-35(47)49-6)33(45)38-21(5)31-37-18-27(41-31)23-12-10-22(11-13-23)24-14-15-25-26(17-24)40-32(39-25)28-9-8-16-44(28)34(46)30(20(3)4)43-36(48)50-7/h10-15,17-21,28-30H,8-9,16H2,1-7H3,(H,37,41)(H,38,45)(H,39,40)(H,42,47)(H,43,48)/t21-,28-,29-,30-/m0/s1. The van der Waals surface area contributed by atoms with E-state index in [1.165, 1.54) is 14.2 Å². The molecule has 3 heterocycles. The van der Waals surface area contributed by atoms with Crippen LogP contribution in [0.25, 0.3) is 33.4 Å². The van der Waals surface area contributed by atoms with Gasteiger partial charge in [-0.05, 0) is 60.4 Å². The summed E-state index contributed by atoms with van der Waals surface area (Å²) in [5.41, 5.74) is 5.41. The fourth-order valence-electron chi connectivity index (χ4n) is 6.20. The third kappa shape index (κ3) is 7.90. The normalized spacial score (nSPS) is 16.3. The van der Waals surface area contributed by atoms with Gasteiger partial charge in [0.15, 0.2) is 0 Å². The van der Waals surface area contributed by atoms with Crippen LogP contribution in [0.15, 0.2) is 48.7 Å². The number of alkyl carbamates (subject to hydrolysis) is 2. The molecule has 0 saturated carbocycles. The van der Waals surface area contributed by atoms with E-state index >= 15 is 0 Å². The smallest absolute Gasteiger partial charge is 0.407 e. The molecule has 2 aromatic heterocycles. The Morgan fingerprint density at radius 3 is 2.08 bits per heavy atom. The Balaban J connectivity index is 1.27. The quantitative estimate of drug-likeness (QED) is 0.142. The molecule has 4 amide bonds. The van der Waals surface area contributed by atoms with Crippen LogP contribution in [0.4, 0.5) is 9.59 Å². The number of nitrogens with zero attached hydrogens (tertiary/aromatic N) is 3. The van der Waals surface area contributed by atoms with Gasteiger partial charge in [-0.3, -0.25) is 9.59 Å². The average Bonchev–Trinajstić information content (AvgIpc) is 3.88. The lowest BCUT2D eigenvalue weighted by Crippen LogP contribution is -2.51. The van der Waals surface area contributed by atoms with Crippen LogP contribution in [-0.2, 0) is 19.1 Å². The van der Waals surface area contributed by atoms with Gasteiger partial charge in [-0.25, -0.2) is 19.6 Å². The molecular formula is C36H46N8O6. The molecular weight excluding hydrogens is 640 g/mol. The molecule has 14 nitrogen and oxygen atoms in total. The van der Waals surface area contributed by atoms with E-state index in [0.29, 0.717) is 12.4 Å². The maximum Gasteiger partial charge on any atom is 0.407 e. The van der Waals surface area contributed by atoms with E-state index in [2.05, 4.69) is 41.7 Å². The highest BCUT2D eigenvalue weighted by molar-refractivity contribution is 5.87. The number of amides is 4. The summed E-state index contributed by atoms with van der Waals surface area (Å²) in [7, 11) is 2.54. The van der Waals surface area contributed by atoms with Gasteiger partial charge in [-0.2, -0.15) is 0 Å². The zero-order chi connectivity index (χ0) is 36.1. The van der Waals surface area contributed by atoms with Gasteiger partial charge in [0.25, 0.3) is 0 Å². The summed E-state index contributed by atoms with van der Waals surface area (Å²) in [5.74, 6) is 0.574. The lowest BCUT2D eigenvalue weighted by atomic mass is 10.0. The first-order valence-electron chi connectivity index (χ1n) is 16.8. The number of aromatic amines is 2. The van der Waals surface area contributed by atoms with Crippen LogP contribution < -0.4 is 16.0 Å². The third-order valence-electron chi connectivity index (χ3n) is 9.04. The van der Waals surface area contributed by atoms with Crippen LogP contribution >= 0.6 is 0 Å². The second-order valence-corrected chi connectivity index (χ2v) is 13.2. The predicted octanol–water partition coefficient (Wildman–Crippen LogP) is 5.22. The number of imidazole rings is 2. The zero-order valence-corrected chi connectivity index (χ0v) is 29.5. The third-order valence-corrected chi connectivity index (χ3v) is 9.04. The van der Waals surface area contributed by atoms with Crippen molar-refractivity contribution in [3.8, 4) is 22.4 Å². The van der Waals surface area contributed by atoms with Crippen molar-refractivity contribution in [2.45, 2.75) is 71.6 Å². The predicted molar refractivity (Wildman–Crippen MR) is 188 cm³/mol. The van der Waals surface area contributed by atoms with Gasteiger partial charge in [-0.1, -0.05) is 58.0 Å². The highest BCUT2D eigenvalue weighted by Gasteiger charge is 2.37. The maximum atomic E-state index is 13.5. The number of hydrogen-bond donors (Lipinski definition) is 5. The number of benzene rings is 2. The van der Waals surface area contributed by atoms with Gasteiger partial charge >= 0.3 is 12.2 Å². The summed E-state index contributed by atoms with van der Waals surface area (Å²) in [5, 5.41) is 8.18. The molecule has 1 aliphatic heterocycles. The van der Waals surface area contributed by atoms with E-state index < -0.39 is 30.3 Å². The first kappa shape index (κ1) is 35.9. The topological polar surface area (TPSA) is 183 Å². The summed E-state index contributed by atoms with van der Waals surface area (Å²) in [6.45, 7) is 9.88. The molecule has 50 heavy (non-hydrogen) atoms. The number of likely N-dealkylation sites (tertiary alicyclic amines) is 1. The maximum absolute atomic E-state index is 13.5. The second kappa shape index (κ2) is 15.4. The van der Waals surface area contributed by atoms with Crippen molar-refractivity contribution < 1.29 is 28.7 Å². The zero-order valence-electron chi connectivity index (χ0n) is 29.5. The van der Waals surface area contributed by atoms with E-state index in [1.54, 1.807) is 11.1 Å². The molecule has 266 valence electrons. The SMILES string of the molecule is COC(=O)N[C@H](C(=O)N[C@@H](C)c1ncc(-c2ccc(-c3ccc4nc([C@@H]5CCCN5C(=O)[C@@H](NC(=O)OC)C(C)C)[nH]c4c3)cc2)[nH]1)C(C)C. The van der Waals surface area contributed by atoms with Crippen molar-refractivity contribution in [1.29, 1.82) is 0 Å². The van der Waals surface area contributed by atoms with Crippen LogP contribution in [0.5, 0.6) is 0 Å². The molecule has 1 fully saturated rings. The Morgan fingerprint density at radius 2 is 1.44 bits per heavy atom. The average molecular weight is 687 g/mol. The summed E-state index contributed by atoms with van der Waals surface area (Å²) in [6, 6.07) is 12.0. The number of rotatable bonds is 11. The van der Waals surface area contributed by atoms with Crippen molar-refractivity contribution in [1.82, 2.24) is 40.8 Å².